The van der Waals surface area contributed by atoms with Gasteiger partial charge >= 0.3 is 0 Å². The molecule has 1 aromatic heterocycles. The predicted molar refractivity (Wildman–Crippen MR) is 80.9 cm³/mol. The first-order chi connectivity index (χ1) is 9.52. The maximum Gasteiger partial charge on any atom is 0.129 e. The first-order valence-electron chi connectivity index (χ1n) is 7.55. The highest BCUT2D eigenvalue weighted by Gasteiger charge is 2.27. The first kappa shape index (κ1) is 15.3. The molecule has 0 amide bonds. The zero-order valence-corrected chi connectivity index (χ0v) is 12.7. The molecular formula is C16H26N2O2. The summed E-state index contributed by atoms with van der Waals surface area (Å²) in [5.41, 5.74) is 1.87. The zero-order chi connectivity index (χ0) is 14.7. The van der Waals surface area contributed by atoms with Crippen LogP contribution in [0, 0.1) is 0 Å². The van der Waals surface area contributed by atoms with Gasteiger partial charge in [0.1, 0.15) is 5.82 Å². The molecule has 4 heteroatoms. The molecule has 2 unspecified atom stereocenters. The molecule has 1 saturated carbocycles. The second kappa shape index (κ2) is 6.55. The number of hydrogen-bond acceptors (Lipinski definition) is 4. The van der Waals surface area contributed by atoms with E-state index in [0.717, 1.165) is 42.8 Å². The molecule has 2 N–H and O–H groups in total. The van der Waals surface area contributed by atoms with Gasteiger partial charge in [0.2, 0.25) is 0 Å². The summed E-state index contributed by atoms with van der Waals surface area (Å²) >= 11 is 0. The molecule has 0 spiro atoms. The zero-order valence-electron chi connectivity index (χ0n) is 12.7. The summed E-state index contributed by atoms with van der Waals surface area (Å²) < 4.78 is 0. The Bertz CT molecular complexity index is 448. The van der Waals surface area contributed by atoms with Crippen molar-refractivity contribution in [2.45, 2.75) is 64.2 Å². The van der Waals surface area contributed by atoms with Crippen LogP contribution in [0.4, 0.5) is 5.82 Å². The molecule has 20 heavy (non-hydrogen) atoms. The number of aromatic nitrogens is 1. The normalized spacial score (nSPS) is 23.1. The van der Waals surface area contributed by atoms with Crippen molar-refractivity contribution < 1.29 is 10.2 Å². The topological polar surface area (TPSA) is 56.6 Å². The summed E-state index contributed by atoms with van der Waals surface area (Å²) in [4.78, 5) is 6.77. The summed E-state index contributed by atoms with van der Waals surface area (Å²) in [5.74, 6) is 1.18. The van der Waals surface area contributed by atoms with E-state index in [4.69, 9.17) is 4.98 Å². The number of hydrogen-bond donors (Lipinski definition) is 2. The fourth-order valence-electron chi connectivity index (χ4n) is 2.88. The number of rotatable bonds is 4. The van der Waals surface area contributed by atoms with Crippen LogP contribution in [0.3, 0.4) is 0 Å². The van der Waals surface area contributed by atoms with Crippen LogP contribution >= 0.6 is 0 Å². The Balaban J connectivity index is 2.28. The van der Waals surface area contributed by atoms with Crippen molar-refractivity contribution in [2.75, 3.05) is 11.9 Å². The Labute approximate surface area is 121 Å². The Morgan fingerprint density at radius 3 is 2.60 bits per heavy atom. The van der Waals surface area contributed by atoms with Crippen LogP contribution in [0.2, 0.25) is 0 Å². The maximum atomic E-state index is 10.2. The molecule has 0 aromatic carbocycles. The SMILES string of the molecule is CC(C)c1cc(CO)cc(N(C)C2CCCCC2O)n1. The Morgan fingerprint density at radius 1 is 1.30 bits per heavy atom. The second-order valence-electron chi connectivity index (χ2n) is 6.10. The third kappa shape index (κ3) is 3.30. The van der Waals surface area contributed by atoms with Gasteiger partial charge in [-0.2, -0.15) is 0 Å². The monoisotopic (exact) mass is 278 g/mol. The van der Waals surface area contributed by atoms with Gasteiger partial charge in [-0.05, 0) is 36.5 Å². The molecule has 0 bridgehead atoms. The van der Waals surface area contributed by atoms with Crippen LogP contribution in [0.15, 0.2) is 12.1 Å². The first-order valence-corrected chi connectivity index (χ1v) is 7.55. The van der Waals surface area contributed by atoms with Crippen LogP contribution in [0.1, 0.15) is 56.7 Å². The van der Waals surface area contributed by atoms with Crippen LogP contribution in [-0.2, 0) is 6.61 Å². The molecule has 1 fully saturated rings. The molecule has 2 rings (SSSR count). The van der Waals surface area contributed by atoms with Crippen molar-refractivity contribution in [3.63, 3.8) is 0 Å². The van der Waals surface area contributed by atoms with Crippen LogP contribution in [-0.4, -0.2) is 34.4 Å². The predicted octanol–water partition coefficient (Wildman–Crippen LogP) is 2.44. The minimum absolute atomic E-state index is 0.0241. The van der Waals surface area contributed by atoms with Crippen molar-refractivity contribution in [3.8, 4) is 0 Å². The summed E-state index contributed by atoms with van der Waals surface area (Å²) in [5, 5.41) is 19.6. The van der Waals surface area contributed by atoms with E-state index in [0.29, 0.717) is 5.92 Å². The van der Waals surface area contributed by atoms with E-state index in [2.05, 4.69) is 18.7 Å². The molecule has 0 saturated heterocycles. The molecule has 1 heterocycles. The molecular weight excluding hydrogens is 252 g/mol. The number of aliphatic hydroxyl groups excluding tert-OH is 2. The lowest BCUT2D eigenvalue weighted by molar-refractivity contribution is 0.106. The van der Waals surface area contributed by atoms with Gasteiger partial charge in [-0.1, -0.05) is 26.7 Å². The fourth-order valence-corrected chi connectivity index (χ4v) is 2.88. The summed E-state index contributed by atoms with van der Waals surface area (Å²) in [6.45, 7) is 4.22. The molecule has 2 atom stereocenters. The summed E-state index contributed by atoms with van der Waals surface area (Å²) in [6, 6.07) is 4.01. The Hall–Kier alpha value is -1.13. The average molecular weight is 278 g/mol. The van der Waals surface area contributed by atoms with Crippen LogP contribution in [0.25, 0.3) is 0 Å². The van der Waals surface area contributed by atoms with Gasteiger partial charge in [0.25, 0.3) is 0 Å². The van der Waals surface area contributed by atoms with E-state index in [1.807, 2.05) is 19.2 Å². The van der Waals surface area contributed by atoms with Crippen molar-refractivity contribution >= 4 is 5.82 Å². The van der Waals surface area contributed by atoms with E-state index < -0.39 is 0 Å². The molecule has 1 aliphatic carbocycles. The average Bonchev–Trinajstić information content (AvgIpc) is 2.46. The van der Waals surface area contributed by atoms with E-state index >= 15 is 0 Å². The number of likely N-dealkylation sites (N-methyl/N-ethyl adjacent to an activating group) is 1. The lowest BCUT2D eigenvalue weighted by Gasteiger charge is -2.36. The maximum absolute atomic E-state index is 10.2. The molecule has 112 valence electrons. The third-order valence-electron chi connectivity index (χ3n) is 4.22. The highest BCUT2D eigenvalue weighted by molar-refractivity contribution is 5.44. The van der Waals surface area contributed by atoms with Crippen molar-refractivity contribution in [3.05, 3.63) is 23.4 Å². The van der Waals surface area contributed by atoms with Gasteiger partial charge < -0.3 is 15.1 Å². The minimum atomic E-state index is -0.282. The highest BCUT2D eigenvalue weighted by atomic mass is 16.3. The smallest absolute Gasteiger partial charge is 0.129 e. The number of pyridine rings is 1. The third-order valence-corrected chi connectivity index (χ3v) is 4.22. The lowest BCUT2D eigenvalue weighted by atomic mass is 9.91. The number of aliphatic hydroxyl groups is 2. The lowest BCUT2D eigenvalue weighted by Crippen LogP contribution is -2.44. The molecule has 0 radical (unpaired) electrons. The standard InChI is InChI=1S/C16H26N2O2/c1-11(2)13-8-12(10-19)9-16(17-13)18(3)14-6-4-5-7-15(14)20/h8-9,11,14-15,19-20H,4-7,10H2,1-3H3. The number of anilines is 1. The van der Waals surface area contributed by atoms with E-state index in [-0.39, 0.29) is 18.8 Å². The van der Waals surface area contributed by atoms with E-state index in [9.17, 15) is 10.2 Å². The second-order valence-corrected chi connectivity index (χ2v) is 6.10. The quantitative estimate of drug-likeness (QED) is 0.888. The van der Waals surface area contributed by atoms with E-state index in [1.165, 1.54) is 0 Å². The van der Waals surface area contributed by atoms with Gasteiger partial charge in [-0.15, -0.1) is 0 Å². The molecule has 1 aromatic rings. The van der Waals surface area contributed by atoms with Gasteiger partial charge in [0, 0.05) is 12.7 Å². The van der Waals surface area contributed by atoms with Crippen molar-refractivity contribution in [2.24, 2.45) is 0 Å². The Morgan fingerprint density at radius 2 is 2.00 bits per heavy atom. The fraction of sp³-hybridized carbons (Fsp3) is 0.688. The van der Waals surface area contributed by atoms with Gasteiger partial charge in [-0.3, -0.25) is 0 Å². The van der Waals surface area contributed by atoms with Crippen LogP contribution < -0.4 is 4.90 Å². The molecule has 1 aliphatic rings. The Kier molecular flexibility index (Phi) is 5.00. The van der Waals surface area contributed by atoms with Gasteiger partial charge in [0.15, 0.2) is 0 Å². The van der Waals surface area contributed by atoms with Crippen LogP contribution in [0.5, 0.6) is 0 Å². The van der Waals surface area contributed by atoms with Crippen molar-refractivity contribution in [1.29, 1.82) is 0 Å². The van der Waals surface area contributed by atoms with Gasteiger partial charge in [0.05, 0.1) is 18.8 Å². The molecule has 4 nitrogen and oxygen atoms in total. The summed E-state index contributed by atoms with van der Waals surface area (Å²) in [6.07, 6.45) is 3.84. The minimum Gasteiger partial charge on any atom is -0.392 e. The largest absolute Gasteiger partial charge is 0.392 e. The van der Waals surface area contributed by atoms with E-state index in [1.54, 1.807) is 0 Å². The molecule has 0 aliphatic heterocycles. The summed E-state index contributed by atoms with van der Waals surface area (Å²) in [7, 11) is 1.99. The van der Waals surface area contributed by atoms with Gasteiger partial charge in [-0.25, -0.2) is 4.98 Å². The number of nitrogens with zero attached hydrogens (tertiary/aromatic N) is 2. The highest BCUT2D eigenvalue weighted by Crippen LogP contribution is 2.27. The van der Waals surface area contributed by atoms with Crippen molar-refractivity contribution in [1.82, 2.24) is 4.98 Å².